The minimum atomic E-state index is 0.128. The van der Waals surface area contributed by atoms with Crippen LogP contribution in [0.3, 0.4) is 0 Å². The van der Waals surface area contributed by atoms with Crippen LogP contribution >= 0.6 is 0 Å². The molecule has 21 heavy (non-hydrogen) atoms. The second kappa shape index (κ2) is 8.00. The number of ether oxygens (including phenoxy) is 2. The van der Waals surface area contributed by atoms with E-state index in [1.54, 1.807) is 0 Å². The molecule has 1 aromatic carbocycles. The minimum Gasteiger partial charge on any atom is -0.491 e. The summed E-state index contributed by atoms with van der Waals surface area (Å²) in [7, 11) is 0. The van der Waals surface area contributed by atoms with E-state index in [1.165, 1.54) is 0 Å². The molecule has 1 fully saturated rings. The van der Waals surface area contributed by atoms with Crippen LogP contribution in [0.25, 0.3) is 0 Å². The monoisotopic (exact) mass is 292 g/mol. The molecule has 0 amide bonds. The number of morpholine rings is 1. The molecule has 0 saturated carbocycles. The van der Waals surface area contributed by atoms with Gasteiger partial charge in [0.1, 0.15) is 18.5 Å². The predicted octanol–water partition coefficient (Wildman–Crippen LogP) is 2.37. The molecule has 0 aromatic heterocycles. The first-order chi connectivity index (χ1) is 10.3. The molecule has 1 aromatic rings. The molecular formula is C16H24N2O3. The fourth-order valence-electron chi connectivity index (χ4n) is 2.43. The van der Waals surface area contributed by atoms with Crippen molar-refractivity contribution in [3.63, 3.8) is 0 Å². The summed E-state index contributed by atoms with van der Waals surface area (Å²) in [6.07, 6.45) is 0.822. The molecule has 1 heterocycles. The van der Waals surface area contributed by atoms with Crippen molar-refractivity contribution in [2.45, 2.75) is 26.4 Å². The summed E-state index contributed by atoms with van der Waals surface area (Å²) >= 11 is 0. The lowest BCUT2D eigenvalue weighted by Crippen LogP contribution is -2.44. The van der Waals surface area contributed by atoms with Crippen molar-refractivity contribution >= 4 is 5.71 Å². The molecule has 1 N–H and O–H groups in total. The smallest absolute Gasteiger partial charge is 0.119 e. The van der Waals surface area contributed by atoms with Gasteiger partial charge in [-0.1, -0.05) is 19.0 Å². The zero-order valence-corrected chi connectivity index (χ0v) is 12.8. The van der Waals surface area contributed by atoms with Crippen LogP contribution in [-0.4, -0.2) is 54.8 Å². The third-order valence-corrected chi connectivity index (χ3v) is 3.75. The fraction of sp³-hybridized carbons (Fsp3) is 0.562. The van der Waals surface area contributed by atoms with E-state index in [2.05, 4.69) is 17.0 Å². The number of rotatable bonds is 6. The van der Waals surface area contributed by atoms with Crippen LogP contribution in [0.5, 0.6) is 5.75 Å². The topological polar surface area (TPSA) is 54.3 Å². The summed E-state index contributed by atoms with van der Waals surface area (Å²) in [6.45, 7) is 8.43. The van der Waals surface area contributed by atoms with Gasteiger partial charge in [-0.15, -0.1) is 0 Å². The number of hydrogen-bond donors (Lipinski definition) is 1. The van der Waals surface area contributed by atoms with Gasteiger partial charge in [0.15, 0.2) is 0 Å². The molecule has 116 valence electrons. The van der Waals surface area contributed by atoms with E-state index in [0.717, 1.165) is 37.6 Å². The summed E-state index contributed by atoms with van der Waals surface area (Å²) in [5, 5.41) is 12.2. The molecule has 0 aliphatic carbocycles. The van der Waals surface area contributed by atoms with Crippen LogP contribution < -0.4 is 4.74 Å². The van der Waals surface area contributed by atoms with Crippen molar-refractivity contribution in [3.05, 3.63) is 29.8 Å². The van der Waals surface area contributed by atoms with Crippen molar-refractivity contribution in [2.24, 2.45) is 5.16 Å². The highest BCUT2D eigenvalue weighted by atomic mass is 16.5. The normalized spacial score (nSPS) is 20.5. The van der Waals surface area contributed by atoms with Gasteiger partial charge in [-0.3, -0.25) is 4.90 Å². The van der Waals surface area contributed by atoms with Gasteiger partial charge in [0, 0.05) is 13.1 Å². The Balaban J connectivity index is 1.86. The Morgan fingerprint density at radius 2 is 2.14 bits per heavy atom. The minimum absolute atomic E-state index is 0.128. The Hall–Kier alpha value is -1.59. The highest BCUT2D eigenvalue weighted by Gasteiger charge is 2.19. The lowest BCUT2D eigenvalue weighted by molar-refractivity contribution is -0.0464. The summed E-state index contributed by atoms with van der Waals surface area (Å²) < 4.78 is 11.5. The SMILES string of the molecule is CCC(=NO)c1ccc(OCC2CN(CC)CCO2)cc1. The Morgan fingerprint density at radius 1 is 1.38 bits per heavy atom. The van der Waals surface area contributed by atoms with Gasteiger partial charge < -0.3 is 14.7 Å². The number of oxime groups is 1. The summed E-state index contributed by atoms with van der Waals surface area (Å²) in [4.78, 5) is 2.37. The molecule has 5 heteroatoms. The lowest BCUT2D eigenvalue weighted by Gasteiger charge is -2.31. The van der Waals surface area contributed by atoms with Gasteiger partial charge in [0.2, 0.25) is 0 Å². The van der Waals surface area contributed by atoms with Crippen molar-refractivity contribution < 1.29 is 14.7 Å². The van der Waals surface area contributed by atoms with Gasteiger partial charge in [-0.25, -0.2) is 0 Å². The number of nitrogens with zero attached hydrogens (tertiary/aromatic N) is 2. The standard InChI is InChI=1S/C16H24N2O3/c1-3-16(17-19)13-5-7-14(8-6-13)21-12-15-11-18(4-2)9-10-20-15/h5-8,15,19H,3-4,9-12H2,1-2H3. The Labute approximate surface area is 126 Å². The van der Waals surface area contributed by atoms with Crippen molar-refractivity contribution in [1.29, 1.82) is 0 Å². The van der Waals surface area contributed by atoms with Crippen LogP contribution in [-0.2, 0) is 4.74 Å². The third-order valence-electron chi connectivity index (χ3n) is 3.75. The molecule has 1 atom stereocenters. The second-order valence-electron chi connectivity index (χ2n) is 5.12. The summed E-state index contributed by atoms with van der Waals surface area (Å²) in [5.41, 5.74) is 1.59. The van der Waals surface area contributed by atoms with Crippen LogP contribution in [0.4, 0.5) is 0 Å². The van der Waals surface area contributed by atoms with Crippen molar-refractivity contribution in [3.8, 4) is 5.75 Å². The molecule has 0 radical (unpaired) electrons. The van der Waals surface area contributed by atoms with E-state index in [0.29, 0.717) is 18.7 Å². The van der Waals surface area contributed by atoms with Crippen LogP contribution in [0.1, 0.15) is 25.8 Å². The third kappa shape index (κ3) is 4.44. The predicted molar refractivity (Wildman–Crippen MR) is 82.4 cm³/mol. The molecule has 0 bridgehead atoms. The Bertz CT molecular complexity index is 459. The van der Waals surface area contributed by atoms with Crippen LogP contribution in [0, 0.1) is 0 Å². The summed E-state index contributed by atoms with van der Waals surface area (Å²) in [6, 6.07) is 7.62. The van der Waals surface area contributed by atoms with E-state index in [1.807, 2.05) is 31.2 Å². The first-order valence-electron chi connectivity index (χ1n) is 7.55. The highest BCUT2D eigenvalue weighted by Crippen LogP contribution is 2.15. The molecule has 1 saturated heterocycles. The van der Waals surface area contributed by atoms with E-state index in [9.17, 15) is 0 Å². The molecule has 1 aliphatic heterocycles. The number of benzene rings is 1. The average Bonchev–Trinajstić information content (AvgIpc) is 2.55. The quantitative estimate of drug-likeness (QED) is 0.497. The Kier molecular flexibility index (Phi) is 6.02. The molecule has 2 rings (SSSR count). The fourth-order valence-corrected chi connectivity index (χ4v) is 2.43. The maximum absolute atomic E-state index is 8.91. The first-order valence-corrected chi connectivity index (χ1v) is 7.55. The summed E-state index contributed by atoms with van der Waals surface area (Å²) in [5.74, 6) is 0.810. The Morgan fingerprint density at radius 3 is 2.76 bits per heavy atom. The zero-order chi connectivity index (χ0) is 15.1. The van der Waals surface area contributed by atoms with Crippen molar-refractivity contribution in [2.75, 3.05) is 32.8 Å². The van der Waals surface area contributed by atoms with Gasteiger partial charge in [0.25, 0.3) is 0 Å². The van der Waals surface area contributed by atoms with Gasteiger partial charge in [-0.2, -0.15) is 0 Å². The van der Waals surface area contributed by atoms with E-state index >= 15 is 0 Å². The highest BCUT2D eigenvalue weighted by molar-refractivity contribution is 6.00. The maximum atomic E-state index is 8.91. The molecule has 1 aliphatic rings. The molecular weight excluding hydrogens is 268 g/mol. The molecule has 5 nitrogen and oxygen atoms in total. The van der Waals surface area contributed by atoms with E-state index < -0.39 is 0 Å². The maximum Gasteiger partial charge on any atom is 0.119 e. The number of hydrogen-bond acceptors (Lipinski definition) is 5. The van der Waals surface area contributed by atoms with Crippen LogP contribution in [0.15, 0.2) is 29.4 Å². The zero-order valence-electron chi connectivity index (χ0n) is 12.8. The van der Waals surface area contributed by atoms with E-state index in [4.69, 9.17) is 14.7 Å². The van der Waals surface area contributed by atoms with Crippen LogP contribution in [0.2, 0.25) is 0 Å². The van der Waals surface area contributed by atoms with E-state index in [-0.39, 0.29) is 6.10 Å². The van der Waals surface area contributed by atoms with Gasteiger partial charge in [-0.05, 0) is 42.8 Å². The van der Waals surface area contributed by atoms with Gasteiger partial charge >= 0.3 is 0 Å². The molecule has 1 unspecified atom stereocenters. The first kappa shape index (κ1) is 15.8. The average molecular weight is 292 g/mol. The second-order valence-corrected chi connectivity index (χ2v) is 5.12. The van der Waals surface area contributed by atoms with Crippen molar-refractivity contribution in [1.82, 2.24) is 4.90 Å². The largest absolute Gasteiger partial charge is 0.491 e. The van der Waals surface area contributed by atoms with Gasteiger partial charge in [0.05, 0.1) is 12.3 Å². The lowest BCUT2D eigenvalue weighted by atomic mass is 10.1. The number of likely N-dealkylation sites (N-methyl/N-ethyl adjacent to an activating group) is 1. The molecule has 0 spiro atoms.